The largest absolute Gasteiger partial charge is 0.330 e. The van der Waals surface area contributed by atoms with Crippen molar-refractivity contribution in [3.8, 4) is 0 Å². The lowest BCUT2D eigenvalue weighted by Crippen LogP contribution is -2.08. The first-order valence-electron chi connectivity index (χ1n) is 3.68. The maximum atomic E-state index is 13.3. The first-order valence-corrected chi connectivity index (χ1v) is 4.47. The highest BCUT2D eigenvalue weighted by atomic mass is 79.9. The average molecular weight is 236 g/mol. The topological polar surface area (TPSA) is 43.8 Å². The quantitative estimate of drug-likeness (QED) is 0.865. The summed E-state index contributed by atoms with van der Waals surface area (Å²) in [5.74, 6) is 0. The third-order valence-electron chi connectivity index (χ3n) is 1.65. The summed E-state index contributed by atoms with van der Waals surface area (Å²) in [7, 11) is 1.71. The van der Waals surface area contributed by atoms with Crippen LogP contribution in [-0.2, 0) is 7.05 Å². The van der Waals surface area contributed by atoms with Crippen molar-refractivity contribution in [3.05, 3.63) is 16.4 Å². The monoisotopic (exact) mass is 235 g/mol. The van der Waals surface area contributed by atoms with Gasteiger partial charge in [-0.25, -0.2) is 4.39 Å². The standard InChI is InChI=1S/C7H11BrFN3/c1-12-7(5(8)4-11-12)6(9)2-3-10/h4,6H,2-3,10H2,1H3. The number of halogens is 2. The van der Waals surface area contributed by atoms with Gasteiger partial charge in [0.15, 0.2) is 0 Å². The van der Waals surface area contributed by atoms with Crippen LogP contribution in [0.3, 0.4) is 0 Å². The molecule has 0 amide bonds. The molecule has 0 radical (unpaired) electrons. The van der Waals surface area contributed by atoms with Crippen LogP contribution in [0.5, 0.6) is 0 Å². The van der Waals surface area contributed by atoms with Gasteiger partial charge in [-0.05, 0) is 28.9 Å². The van der Waals surface area contributed by atoms with Gasteiger partial charge in [-0.1, -0.05) is 0 Å². The predicted octanol–water partition coefficient (Wildman–Crippen LogP) is 1.54. The summed E-state index contributed by atoms with van der Waals surface area (Å²) in [5.41, 5.74) is 5.81. The molecule has 1 aromatic heterocycles. The Morgan fingerprint density at radius 3 is 2.92 bits per heavy atom. The van der Waals surface area contributed by atoms with Crippen LogP contribution < -0.4 is 5.73 Å². The molecule has 68 valence electrons. The number of hydrogen-bond acceptors (Lipinski definition) is 2. The van der Waals surface area contributed by atoms with E-state index in [-0.39, 0.29) is 0 Å². The van der Waals surface area contributed by atoms with Crippen molar-refractivity contribution in [1.82, 2.24) is 9.78 Å². The van der Waals surface area contributed by atoms with Gasteiger partial charge in [-0.15, -0.1) is 0 Å². The zero-order valence-electron chi connectivity index (χ0n) is 6.80. The summed E-state index contributed by atoms with van der Waals surface area (Å²) in [6, 6.07) is 0. The van der Waals surface area contributed by atoms with Gasteiger partial charge in [0.05, 0.1) is 16.4 Å². The van der Waals surface area contributed by atoms with E-state index in [1.807, 2.05) is 0 Å². The molecule has 0 bridgehead atoms. The zero-order chi connectivity index (χ0) is 9.14. The Balaban J connectivity index is 2.85. The summed E-state index contributed by atoms with van der Waals surface area (Å²) in [5, 5.41) is 3.91. The van der Waals surface area contributed by atoms with Gasteiger partial charge < -0.3 is 5.73 Å². The molecule has 1 atom stereocenters. The van der Waals surface area contributed by atoms with Crippen molar-refractivity contribution in [3.63, 3.8) is 0 Å². The van der Waals surface area contributed by atoms with E-state index in [9.17, 15) is 4.39 Å². The molecule has 12 heavy (non-hydrogen) atoms. The second kappa shape index (κ2) is 4.00. The Labute approximate surface area is 78.9 Å². The molecule has 0 aliphatic heterocycles. The molecule has 0 spiro atoms. The number of hydrogen-bond donors (Lipinski definition) is 1. The average Bonchev–Trinajstić information content (AvgIpc) is 2.32. The summed E-state index contributed by atoms with van der Waals surface area (Å²) in [4.78, 5) is 0. The van der Waals surface area contributed by atoms with E-state index in [2.05, 4.69) is 21.0 Å². The van der Waals surface area contributed by atoms with Gasteiger partial charge in [0.2, 0.25) is 0 Å². The molecular weight excluding hydrogens is 225 g/mol. The van der Waals surface area contributed by atoms with E-state index in [0.29, 0.717) is 23.1 Å². The maximum absolute atomic E-state index is 13.3. The molecule has 0 saturated heterocycles. The number of rotatable bonds is 3. The van der Waals surface area contributed by atoms with E-state index in [0.717, 1.165) is 0 Å². The molecule has 0 saturated carbocycles. The highest BCUT2D eigenvalue weighted by molar-refractivity contribution is 9.10. The molecule has 2 N–H and O–H groups in total. The minimum absolute atomic E-state index is 0.331. The van der Waals surface area contributed by atoms with Crippen molar-refractivity contribution < 1.29 is 4.39 Å². The summed E-state index contributed by atoms with van der Waals surface area (Å²) in [6.07, 6.45) is 0.883. The third kappa shape index (κ3) is 1.84. The number of aryl methyl sites for hydroxylation is 1. The zero-order valence-corrected chi connectivity index (χ0v) is 8.38. The highest BCUT2D eigenvalue weighted by Crippen LogP contribution is 2.27. The van der Waals surface area contributed by atoms with E-state index in [4.69, 9.17) is 5.73 Å². The summed E-state index contributed by atoms with van der Waals surface area (Å²) < 4.78 is 15.5. The first kappa shape index (κ1) is 9.67. The molecule has 0 aromatic carbocycles. The highest BCUT2D eigenvalue weighted by Gasteiger charge is 2.16. The normalized spacial score (nSPS) is 13.3. The SMILES string of the molecule is Cn1ncc(Br)c1C(F)CCN. The van der Waals surface area contributed by atoms with Crippen LogP contribution in [-0.4, -0.2) is 16.3 Å². The number of alkyl halides is 1. The van der Waals surface area contributed by atoms with Crippen molar-refractivity contribution in [1.29, 1.82) is 0 Å². The van der Waals surface area contributed by atoms with Gasteiger partial charge in [0.25, 0.3) is 0 Å². The van der Waals surface area contributed by atoms with E-state index in [1.165, 1.54) is 4.68 Å². The van der Waals surface area contributed by atoms with Crippen molar-refractivity contribution in [2.75, 3.05) is 6.54 Å². The smallest absolute Gasteiger partial charge is 0.144 e. The lowest BCUT2D eigenvalue weighted by atomic mass is 10.2. The Bertz CT molecular complexity index is 242. The first-order chi connectivity index (χ1) is 5.66. The van der Waals surface area contributed by atoms with Crippen LogP contribution in [0.25, 0.3) is 0 Å². The van der Waals surface area contributed by atoms with Gasteiger partial charge in [0.1, 0.15) is 6.17 Å². The van der Waals surface area contributed by atoms with Crippen LogP contribution in [0.4, 0.5) is 4.39 Å². The van der Waals surface area contributed by atoms with Crippen molar-refractivity contribution in [2.45, 2.75) is 12.6 Å². The number of aromatic nitrogens is 2. The Morgan fingerprint density at radius 2 is 2.50 bits per heavy atom. The molecule has 0 aliphatic rings. The fraction of sp³-hybridized carbons (Fsp3) is 0.571. The summed E-state index contributed by atoms with van der Waals surface area (Å²) in [6.45, 7) is 0.346. The minimum atomic E-state index is -1.03. The Hall–Kier alpha value is -0.420. The van der Waals surface area contributed by atoms with Gasteiger partial charge in [0, 0.05) is 7.05 Å². The molecular formula is C7H11BrFN3. The lowest BCUT2D eigenvalue weighted by Gasteiger charge is -2.07. The second-order valence-corrected chi connectivity index (χ2v) is 3.40. The molecule has 1 rings (SSSR count). The van der Waals surface area contributed by atoms with Crippen molar-refractivity contribution >= 4 is 15.9 Å². The summed E-state index contributed by atoms with van der Waals surface area (Å²) >= 11 is 3.22. The number of nitrogens with two attached hydrogens (primary N) is 1. The lowest BCUT2D eigenvalue weighted by molar-refractivity contribution is 0.309. The van der Waals surface area contributed by atoms with Crippen LogP contribution in [0.2, 0.25) is 0 Å². The third-order valence-corrected chi connectivity index (χ3v) is 2.27. The Morgan fingerprint density at radius 1 is 1.83 bits per heavy atom. The van der Waals surface area contributed by atoms with Crippen LogP contribution in [0, 0.1) is 0 Å². The molecule has 1 heterocycles. The second-order valence-electron chi connectivity index (χ2n) is 2.55. The minimum Gasteiger partial charge on any atom is -0.330 e. The maximum Gasteiger partial charge on any atom is 0.144 e. The van der Waals surface area contributed by atoms with Crippen LogP contribution in [0.15, 0.2) is 10.7 Å². The molecule has 1 unspecified atom stereocenters. The van der Waals surface area contributed by atoms with Gasteiger partial charge in [-0.3, -0.25) is 4.68 Å². The van der Waals surface area contributed by atoms with E-state index in [1.54, 1.807) is 13.2 Å². The molecule has 1 aromatic rings. The van der Waals surface area contributed by atoms with Crippen molar-refractivity contribution in [2.24, 2.45) is 12.8 Å². The molecule has 5 heteroatoms. The van der Waals surface area contributed by atoms with Gasteiger partial charge >= 0.3 is 0 Å². The molecule has 0 aliphatic carbocycles. The fourth-order valence-electron chi connectivity index (χ4n) is 1.06. The van der Waals surface area contributed by atoms with Crippen LogP contribution in [0.1, 0.15) is 18.3 Å². The Kier molecular flexibility index (Phi) is 3.22. The van der Waals surface area contributed by atoms with E-state index >= 15 is 0 Å². The predicted molar refractivity (Wildman–Crippen MR) is 48.4 cm³/mol. The van der Waals surface area contributed by atoms with Gasteiger partial charge in [-0.2, -0.15) is 5.10 Å². The number of nitrogens with zero attached hydrogens (tertiary/aromatic N) is 2. The van der Waals surface area contributed by atoms with E-state index < -0.39 is 6.17 Å². The van der Waals surface area contributed by atoms with Crippen LogP contribution >= 0.6 is 15.9 Å². The molecule has 0 fully saturated rings. The molecule has 3 nitrogen and oxygen atoms in total. The fourth-order valence-corrected chi connectivity index (χ4v) is 1.65.